The maximum absolute atomic E-state index is 9.94. The van der Waals surface area contributed by atoms with Crippen molar-refractivity contribution in [2.45, 2.75) is 39.8 Å². The number of aliphatic imine (C=N–C) groups is 1. The van der Waals surface area contributed by atoms with Gasteiger partial charge in [0.15, 0.2) is 17.5 Å². The smallest absolute Gasteiger partial charge is 0.194 e. The lowest BCUT2D eigenvalue weighted by Gasteiger charge is -2.22. The van der Waals surface area contributed by atoms with Crippen LogP contribution < -0.4 is 10.1 Å². The minimum atomic E-state index is 0. The number of benzene rings is 1. The van der Waals surface area contributed by atoms with E-state index in [2.05, 4.69) is 35.4 Å². The standard InChI is InChI=1S/C20H31N5O2.HI/c1-7-21-20(22-11-15-8-9-18(27-6)17(26)10-15)24(4)12-16-13-25(5)23-19(16)14(2)3;/h8-10,13-14,26H,7,11-12H2,1-6H3,(H,21,22);1H. The SMILES string of the molecule is CCNC(=NCc1ccc(OC)c(O)c1)N(C)Cc1cn(C)nc1C(C)C.I. The normalized spacial score (nSPS) is 11.3. The number of guanidine groups is 1. The van der Waals surface area contributed by atoms with Gasteiger partial charge < -0.3 is 20.1 Å². The molecule has 0 amide bonds. The zero-order valence-electron chi connectivity index (χ0n) is 17.6. The molecule has 0 spiro atoms. The third kappa shape index (κ3) is 6.29. The van der Waals surface area contributed by atoms with Crippen molar-refractivity contribution in [3.05, 3.63) is 41.2 Å². The zero-order valence-corrected chi connectivity index (χ0v) is 19.9. The highest BCUT2D eigenvalue weighted by atomic mass is 127. The van der Waals surface area contributed by atoms with Gasteiger partial charge in [0.25, 0.3) is 0 Å². The van der Waals surface area contributed by atoms with Gasteiger partial charge in [-0.25, -0.2) is 4.99 Å². The molecule has 2 N–H and O–H groups in total. The molecule has 1 aromatic heterocycles. The number of aromatic hydroxyl groups is 1. The Hall–Kier alpha value is -1.97. The van der Waals surface area contributed by atoms with Crippen molar-refractivity contribution in [1.29, 1.82) is 0 Å². The molecule has 0 aliphatic carbocycles. The van der Waals surface area contributed by atoms with Crippen LogP contribution in [0, 0.1) is 0 Å². The molecular weight excluding hydrogens is 469 g/mol. The Bertz CT molecular complexity index is 789. The molecule has 1 aromatic carbocycles. The quantitative estimate of drug-likeness (QED) is 0.345. The second-order valence-corrected chi connectivity index (χ2v) is 6.90. The second-order valence-electron chi connectivity index (χ2n) is 6.90. The molecule has 0 radical (unpaired) electrons. The Balaban J connectivity index is 0.00000392. The number of phenols is 1. The predicted molar refractivity (Wildman–Crippen MR) is 124 cm³/mol. The summed E-state index contributed by atoms with van der Waals surface area (Å²) in [6, 6.07) is 5.34. The number of halogens is 1. The van der Waals surface area contributed by atoms with E-state index in [1.54, 1.807) is 12.1 Å². The monoisotopic (exact) mass is 501 g/mol. The first-order chi connectivity index (χ1) is 12.8. The fraction of sp³-hybridized carbons (Fsp3) is 0.500. The Morgan fingerprint density at radius 3 is 2.68 bits per heavy atom. The van der Waals surface area contributed by atoms with Crippen LogP contribution in [0.5, 0.6) is 11.5 Å². The van der Waals surface area contributed by atoms with Crippen molar-refractivity contribution in [2.24, 2.45) is 12.0 Å². The minimum Gasteiger partial charge on any atom is -0.504 e. The highest BCUT2D eigenvalue weighted by molar-refractivity contribution is 14.0. The van der Waals surface area contributed by atoms with E-state index < -0.39 is 0 Å². The summed E-state index contributed by atoms with van der Waals surface area (Å²) in [7, 11) is 5.50. The van der Waals surface area contributed by atoms with Gasteiger partial charge in [-0.3, -0.25) is 4.68 Å². The van der Waals surface area contributed by atoms with E-state index in [0.717, 1.165) is 30.3 Å². The van der Waals surface area contributed by atoms with Crippen molar-refractivity contribution in [3.8, 4) is 11.5 Å². The first-order valence-corrected chi connectivity index (χ1v) is 9.23. The van der Waals surface area contributed by atoms with Gasteiger partial charge >= 0.3 is 0 Å². The van der Waals surface area contributed by atoms with Crippen molar-refractivity contribution in [2.75, 3.05) is 20.7 Å². The Labute approximate surface area is 184 Å². The molecule has 0 aliphatic rings. The van der Waals surface area contributed by atoms with E-state index in [0.29, 0.717) is 18.2 Å². The predicted octanol–water partition coefficient (Wildman–Crippen LogP) is 3.47. The molecule has 0 fully saturated rings. The summed E-state index contributed by atoms with van der Waals surface area (Å²) in [6.07, 6.45) is 2.07. The summed E-state index contributed by atoms with van der Waals surface area (Å²) >= 11 is 0. The van der Waals surface area contributed by atoms with Gasteiger partial charge in [-0.15, -0.1) is 24.0 Å². The molecule has 0 aliphatic heterocycles. The van der Waals surface area contributed by atoms with E-state index in [-0.39, 0.29) is 29.7 Å². The summed E-state index contributed by atoms with van der Waals surface area (Å²) in [6.45, 7) is 8.32. The molecule has 2 aromatic rings. The number of rotatable bonds is 7. The van der Waals surface area contributed by atoms with Crippen molar-refractivity contribution in [3.63, 3.8) is 0 Å². The molecule has 7 nitrogen and oxygen atoms in total. The number of ether oxygens (including phenoxy) is 1. The average Bonchev–Trinajstić information content (AvgIpc) is 2.99. The fourth-order valence-electron chi connectivity index (χ4n) is 2.96. The lowest BCUT2D eigenvalue weighted by Crippen LogP contribution is -2.38. The maximum Gasteiger partial charge on any atom is 0.194 e. The first-order valence-electron chi connectivity index (χ1n) is 9.23. The van der Waals surface area contributed by atoms with Crippen LogP contribution in [0.25, 0.3) is 0 Å². The first kappa shape index (κ1) is 24.1. The molecule has 156 valence electrons. The van der Waals surface area contributed by atoms with E-state index in [4.69, 9.17) is 9.73 Å². The number of aromatic nitrogens is 2. The van der Waals surface area contributed by atoms with E-state index in [1.807, 2.05) is 31.8 Å². The number of aryl methyl sites for hydroxylation is 1. The maximum atomic E-state index is 9.94. The highest BCUT2D eigenvalue weighted by Gasteiger charge is 2.15. The zero-order chi connectivity index (χ0) is 20.0. The Morgan fingerprint density at radius 2 is 2.11 bits per heavy atom. The van der Waals surface area contributed by atoms with Gasteiger partial charge in [-0.1, -0.05) is 19.9 Å². The van der Waals surface area contributed by atoms with Crippen LogP contribution in [-0.4, -0.2) is 46.4 Å². The Kier molecular flexibility index (Phi) is 9.57. The van der Waals surface area contributed by atoms with Gasteiger partial charge in [-0.05, 0) is 30.5 Å². The summed E-state index contributed by atoms with van der Waals surface area (Å²) in [5.74, 6) is 1.77. The highest BCUT2D eigenvalue weighted by Crippen LogP contribution is 2.26. The molecular formula is C20H32IN5O2. The number of hydrogen-bond acceptors (Lipinski definition) is 4. The van der Waals surface area contributed by atoms with Crippen LogP contribution in [-0.2, 0) is 20.1 Å². The van der Waals surface area contributed by atoms with Gasteiger partial charge in [0, 0.05) is 38.9 Å². The van der Waals surface area contributed by atoms with Crippen molar-refractivity contribution < 1.29 is 9.84 Å². The topological polar surface area (TPSA) is 74.9 Å². The molecule has 1 heterocycles. The van der Waals surface area contributed by atoms with E-state index in [1.165, 1.54) is 12.7 Å². The lowest BCUT2D eigenvalue weighted by atomic mass is 10.1. The van der Waals surface area contributed by atoms with Crippen LogP contribution in [0.2, 0.25) is 0 Å². The molecule has 2 rings (SSSR count). The summed E-state index contributed by atoms with van der Waals surface area (Å²) in [4.78, 5) is 6.80. The molecule has 0 bridgehead atoms. The van der Waals surface area contributed by atoms with Crippen LogP contribution in [0.1, 0.15) is 43.5 Å². The number of hydrogen-bond donors (Lipinski definition) is 2. The van der Waals surface area contributed by atoms with Gasteiger partial charge in [-0.2, -0.15) is 5.10 Å². The third-order valence-electron chi connectivity index (χ3n) is 4.24. The van der Waals surface area contributed by atoms with Crippen molar-refractivity contribution >= 4 is 29.9 Å². The number of phenolic OH excluding ortho intramolecular Hbond substituents is 1. The molecule has 0 unspecified atom stereocenters. The van der Waals surface area contributed by atoms with Crippen LogP contribution >= 0.6 is 24.0 Å². The summed E-state index contributed by atoms with van der Waals surface area (Å²) < 4.78 is 6.95. The molecule has 0 saturated carbocycles. The number of nitrogens with zero attached hydrogens (tertiary/aromatic N) is 4. The van der Waals surface area contributed by atoms with Crippen LogP contribution in [0.4, 0.5) is 0 Å². The van der Waals surface area contributed by atoms with Crippen LogP contribution in [0.3, 0.4) is 0 Å². The summed E-state index contributed by atoms with van der Waals surface area (Å²) in [5, 5.41) is 17.8. The number of nitrogens with one attached hydrogen (secondary N) is 1. The van der Waals surface area contributed by atoms with Crippen LogP contribution in [0.15, 0.2) is 29.4 Å². The van der Waals surface area contributed by atoms with Gasteiger partial charge in [0.1, 0.15) is 0 Å². The largest absolute Gasteiger partial charge is 0.504 e. The van der Waals surface area contributed by atoms with E-state index in [9.17, 15) is 5.11 Å². The van der Waals surface area contributed by atoms with Crippen molar-refractivity contribution in [1.82, 2.24) is 20.0 Å². The number of methoxy groups -OCH3 is 1. The average molecular weight is 501 g/mol. The van der Waals surface area contributed by atoms with Gasteiger partial charge in [0.05, 0.1) is 19.3 Å². The summed E-state index contributed by atoms with van der Waals surface area (Å²) in [5.41, 5.74) is 3.23. The molecule has 0 atom stereocenters. The lowest BCUT2D eigenvalue weighted by molar-refractivity contribution is 0.373. The third-order valence-corrected chi connectivity index (χ3v) is 4.24. The second kappa shape index (κ2) is 11.1. The fourth-order valence-corrected chi connectivity index (χ4v) is 2.96. The van der Waals surface area contributed by atoms with Gasteiger partial charge in [0.2, 0.25) is 0 Å². The van der Waals surface area contributed by atoms with E-state index >= 15 is 0 Å². The molecule has 8 heteroatoms. The molecule has 28 heavy (non-hydrogen) atoms. The Morgan fingerprint density at radius 1 is 1.39 bits per heavy atom. The molecule has 0 saturated heterocycles. The minimum absolute atomic E-state index is 0.